The quantitative estimate of drug-likeness (QED) is 0.109. The number of ether oxygens (including phenoxy) is 1. The minimum Gasteiger partial charge on any atom is -0.507 e. The van der Waals surface area contributed by atoms with Gasteiger partial charge in [0.05, 0.1) is 28.4 Å². The van der Waals surface area contributed by atoms with Crippen LogP contribution in [-0.2, 0) is 9.59 Å². The van der Waals surface area contributed by atoms with Crippen molar-refractivity contribution in [3.63, 3.8) is 0 Å². The van der Waals surface area contributed by atoms with Gasteiger partial charge < -0.3 is 9.84 Å². The maximum Gasteiger partial charge on any atom is 0.301 e. The summed E-state index contributed by atoms with van der Waals surface area (Å²) < 4.78 is 7.58. The van der Waals surface area contributed by atoms with E-state index in [4.69, 9.17) is 4.74 Å². The summed E-state index contributed by atoms with van der Waals surface area (Å²) in [5.41, 5.74) is 2.95. The van der Waals surface area contributed by atoms with Gasteiger partial charge in [0.25, 0.3) is 5.78 Å². The molecule has 1 aliphatic rings. The van der Waals surface area contributed by atoms with Crippen LogP contribution in [0.2, 0.25) is 0 Å². The van der Waals surface area contributed by atoms with Gasteiger partial charge in [-0.1, -0.05) is 70.9 Å². The van der Waals surface area contributed by atoms with Crippen LogP contribution in [0.4, 0.5) is 5.13 Å². The Balaban J connectivity index is 1.64. The second-order valence-corrected chi connectivity index (χ2v) is 10.8. The van der Waals surface area contributed by atoms with Gasteiger partial charge in [0.1, 0.15) is 11.5 Å². The first-order valence-electron chi connectivity index (χ1n) is 12.0. The number of amides is 1. The smallest absolute Gasteiger partial charge is 0.301 e. The normalized spacial score (nSPS) is 17.1. The number of aliphatic hydroxyl groups excluding tert-OH is 1. The SMILES string of the molecule is CCCCOc1cccc(/C(O)=C2\C(=O)C(=O)N(c3nc4ccc(C)cc4s3)C2c2ccc(Br)cc2)c1. The average Bonchev–Trinajstić information content (AvgIpc) is 3.42. The molecule has 37 heavy (non-hydrogen) atoms. The van der Waals surface area contributed by atoms with E-state index in [1.165, 1.54) is 16.2 Å². The number of Topliss-reactive ketones (excluding diaryl/α,β-unsaturated/α-hetero) is 1. The summed E-state index contributed by atoms with van der Waals surface area (Å²) in [4.78, 5) is 33.0. The fourth-order valence-corrected chi connectivity index (χ4v) is 5.69. The van der Waals surface area contributed by atoms with E-state index < -0.39 is 17.7 Å². The maximum absolute atomic E-state index is 13.5. The van der Waals surface area contributed by atoms with E-state index in [0.29, 0.717) is 28.6 Å². The summed E-state index contributed by atoms with van der Waals surface area (Å²) in [7, 11) is 0. The van der Waals surface area contributed by atoms with Crippen molar-refractivity contribution in [1.29, 1.82) is 0 Å². The number of benzene rings is 3. The van der Waals surface area contributed by atoms with Crippen molar-refractivity contribution in [3.05, 3.63) is 93.5 Å². The molecule has 8 heteroatoms. The summed E-state index contributed by atoms with van der Waals surface area (Å²) in [6.45, 7) is 4.63. The van der Waals surface area contributed by atoms with Gasteiger partial charge in [0.2, 0.25) is 0 Å². The van der Waals surface area contributed by atoms with Gasteiger partial charge >= 0.3 is 5.91 Å². The van der Waals surface area contributed by atoms with E-state index in [1.807, 2.05) is 49.4 Å². The van der Waals surface area contributed by atoms with Crippen LogP contribution in [0.5, 0.6) is 5.75 Å². The Morgan fingerprint density at radius 1 is 1.11 bits per heavy atom. The number of carbonyl (C=O) groups excluding carboxylic acids is 2. The fourth-order valence-electron chi connectivity index (χ4n) is 4.34. The lowest BCUT2D eigenvalue weighted by Gasteiger charge is -2.23. The first-order valence-corrected chi connectivity index (χ1v) is 13.6. The molecule has 188 valence electrons. The number of rotatable bonds is 7. The Morgan fingerprint density at radius 2 is 1.89 bits per heavy atom. The number of carbonyl (C=O) groups is 2. The Bertz CT molecular complexity index is 1530. The van der Waals surface area contributed by atoms with Crippen molar-refractivity contribution in [2.45, 2.75) is 32.7 Å². The number of aryl methyl sites for hydroxylation is 1. The van der Waals surface area contributed by atoms with Gasteiger partial charge in [0.15, 0.2) is 5.13 Å². The molecule has 1 N–H and O–H groups in total. The fraction of sp³-hybridized carbons (Fsp3) is 0.207. The molecule has 1 unspecified atom stereocenters. The molecule has 0 spiro atoms. The second-order valence-electron chi connectivity index (χ2n) is 8.92. The predicted molar refractivity (Wildman–Crippen MR) is 150 cm³/mol. The van der Waals surface area contributed by atoms with E-state index in [-0.39, 0.29) is 11.3 Å². The van der Waals surface area contributed by atoms with Gasteiger partial charge in [0, 0.05) is 10.0 Å². The molecule has 0 radical (unpaired) electrons. The van der Waals surface area contributed by atoms with Crippen molar-refractivity contribution in [2.24, 2.45) is 0 Å². The number of anilines is 1. The second kappa shape index (κ2) is 10.5. The topological polar surface area (TPSA) is 79.7 Å². The number of aromatic nitrogens is 1. The number of ketones is 1. The Kier molecular flexibility index (Phi) is 7.13. The van der Waals surface area contributed by atoms with Crippen molar-refractivity contribution >= 4 is 60.1 Å². The van der Waals surface area contributed by atoms with E-state index in [0.717, 1.165) is 33.1 Å². The maximum atomic E-state index is 13.5. The molecule has 1 atom stereocenters. The average molecular weight is 578 g/mol. The highest BCUT2D eigenvalue weighted by atomic mass is 79.9. The van der Waals surface area contributed by atoms with Gasteiger partial charge in [-0.25, -0.2) is 4.98 Å². The molecule has 0 bridgehead atoms. The van der Waals surface area contributed by atoms with Gasteiger partial charge in [-0.05, 0) is 60.9 Å². The van der Waals surface area contributed by atoms with Crippen molar-refractivity contribution in [3.8, 4) is 5.75 Å². The van der Waals surface area contributed by atoms with Crippen molar-refractivity contribution < 1.29 is 19.4 Å². The molecule has 1 saturated heterocycles. The molecule has 0 saturated carbocycles. The molecular weight excluding hydrogens is 552 g/mol. The lowest BCUT2D eigenvalue weighted by molar-refractivity contribution is -0.132. The molecule has 0 aliphatic carbocycles. The van der Waals surface area contributed by atoms with E-state index in [1.54, 1.807) is 24.3 Å². The molecule has 3 aromatic carbocycles. The first kappa shape index (κ1) is 25.2. The number of fused-ring (bicyclic) bond motifs is 1. The molecular formula is C29H25BrN2O4S. The zero-order valence-corrected chi connectivity index (χ0v) is 22.8. The highest BCUT2D eigenvalue weighted by Crippen LogP contribution is 2.44. The lowest BCUT2D eigenvalue weighted by Crippen LogP contribution is -2.29. The van der Waals surface area contributed by atoms with E-state index in [9.17, 15) is 14.7 Å². The van der Waals surface area contributed by atoms with E-state index >= 15 is 0 Å². The van der Waals surface area contributed by atoms with Gasteiger partial charge in [-0.2, -0.15) is 0 Å². The van der Waals surface area contributed by atoms with Crippen LogP contribution in [0.1, 0.15) is 42.5 Å². The van der Waals surface area contributed by atoms with Crippen LogP contribution in [-0.4, -0.2) is 28.4 Å². The molecule has 1 aliphatic heterocycles. The number of thiazole rings is 1. The van der Waals surface area contributed by atoms with Gasteiger partial charge in [-0.15, -0.1) is 0 Å². The van der Waals surface area contributed by atoms with Crippen molar-refractivity contribution in [2.75, 3.05) is 11.5 Å². The third kappa shape index (κ3) is 4.91. The first-order chi connectivity index (χ1) is 17.9. The summed E-state index contributed by atoms with van der Waals surface area (Å²) in [5, 5.41) is 11.8. The molecule has 1 aromatic heterocycles. The number of unbranched alkanes of at least 4 members (excludes halogenated alkanes) is 1. The molecule has 5 rings (SSSR count). The minimum absolute atomic E-state index is 0.0217. The third-order valence-corrected chi connectivity index (χ3v) is 7.79. The third-order valence-electron chi connectivity index (χ3n) is 6.24. The van der Waals surface area contributed by atoms with E-state index in [2.05, 4.69) is 27.8 Å². The standard InChI is InChI=1S/C29H25BrN2O4S/c1-3-4-14-36-21-7-5-6-19(16-21)26(33)24-25(18-9-11-20(30)12-10-18)32(28(35)27(24)34)29-31-22-13-8-17(2)15-23(22)37-29/h5-13,15-16,25,33H,3-4,14H2,1-2H3/b26-24+. The lowest BCUT2D eigenvalue weighted by atomic mass is 9.95. The Hall–Kier alpha value is -3.49. The monoisotopic (exact) mass is 576 g/mol. The molecule has 6 nitrogen and oxygen atoms in total. The zero-order chi connectivity index (χ0) is 26.1. The van der Waals surface area contributed by atoms with Crippen LogP contribution >= 0.6 is 27.3 Å². The van der Waals surface area contributed by atoms with Crippen LogP contribution in [0.25, 0.3) is 16.0 Å². The van der Waals surface area contributed by atoms with Crippen LogP contribution in [0, 0.1) is 6.92 Å². The van der Waals surface area contributed by atoms with Crippen LogP contribution in [0.15, 0.2) is 76.8 Å². The summed E-state index contributed by atoms with van der Waals surface area (Å²) >= 11 is 4.80. The number of halogens is 1. The molecule has 1 fully saturated rings. The van der Waals surface area contributed by atoms with Crippen LogP contribution in [0.3, 0.4) is 0 Å². The predicted octanol–water partition coefficient (Wildman–Crippen LogP) is 7.17. The number of nitrogens with zero attached hydrogens (tertiary/aromatic N) is 2. The van der Waals surface area contributed by atoms with Crippen LogP contribution < -0.4 is 9.64 Å². The largest absolute Gasteiger partial charge is 0.507 e. The number of hydrogen-bond acceptors (Lipinski definition) is 6. The molecule has 4 aromatic rings. The highest BCUT2D eigenvalue weighted by Gasteiger charge is 2.48. The highest BCUT2D eigenvalue weighted by molar-refractivity contribution is 9.10. The number of hydrogen-bond donors (Lipinski definition) is 1. The summed E-state index contributed by atoms with van der Waals surface area (Å²) in [6, 6.07) is 19.4. The minimum atomic E-state index is -0.834. The Morgan fingerprint density at radius 3 is 2.65 bits per heavy atom. The molecule has 2 heterocycles. The Labute approximate surface area is 227 Å². The summed E-state index contributed by atoms with van der Waals surface area (Å²) in [5.74, 6) is -1.13. The molecule has 1 amide bonds. The summed E-state index contributed by atoms with van der Waals surface area (Å²) in [6.07, 6.45) is 1.91. The number of aliphatic hydroxyl groups is 1. The van der Waals surface area contributed by atoms with Crippen molar-refractivity contribution in [1.82, 2.24) is 4.98 Å². The zero-order valence-electron chi connectivity index (χ0n) is 20.4. The van der Waals surface area contributed by atoms with Gasteiger partial charge in [-0.3, -0.25) is 14.5 Å².